The van der Waals surface area contributed by atoms with E-state index in [1.165, 1.54) is 0 Å². The van der Waals surface area contributed by atoms with Crippen molar-refractivity contribution in [3.63, 3.8) is 0 Å². The van der Waals surface area contributed by atoms with Crippen LogP contribution in [-0.4, -0.2) is 43.2 Å². The molecule has 0 aliphatic carbocycles. The number of hydrogen-bond acceptors (Lipinski definition) is 3. The molecule has 4 nitrogen and oxygen atoms in total. The number of carbonyl (C=O) groups is 1. The van der Waals surface area contributed by atoms with E-state index >= 15 is 0 Å². The Labute approximate surface area is 130 Å². The highest BCUT2D eigenvalue weighted by atomic mass is 35.5. The number of ether oxygens (including phenoxy) is 1. The lowest BCUT2D eigenvalue weighted by Gasteiger charge is -2.39. The first kappa shape index (κ1) is 14.8. The minimum absolute atomic E-state index is 0.00882. The molecule has 0 radical (unpaired) electrons. The fourth-order valence-electron chi connectivity index (χ4n) is 3.11. The summed E-state index contributed by atoms with van der Waals surface area (Å²) in [6, 6.07) is 7.76. The quantitative estimate of drug-likeness (QED) is 0.912. The van der Waals surface area contributed by atoms with Gasteiger partial charge in [0.15, 0.2) is 0 Å². The number of benzene rings is 1. The smallest absolute Gasteiger partial charge is 0.252 e. The minimum atomic E-state index is -0.276. The van der Waals surface area contributed by atoms with Gasteiger partial charge in [0, 0.05) is 31.3 Å². The van der Waals surface area contributed by atoms with Crippen molar-refractivity contribution >= 4 is 17.5 Å². The van der Waals surface area contributed by atoms with Crippen LogP contribution in [0.15, 0.2) is 24.3 Å². The van der Waals surface area contributed by atoms with Gasteiger partial charge in [-0.2, -0.15) is 0 Å². The lowest BCUT2D eigenvalue weighted by atomic mass is 10.0. The number of rotatable bonds is 2. The highest BCUT2D eigenvalue weighted by molar-refractivity contribution is 6.31. The van der Waals surface area contributed by atoms with Crippen LogP contribution in [0.5, 0.6) is 0 Å². The minimum Gasteiger partial charge on any atom is -0.368 e. The molecule has 0 bridgehead atoms. The summed E-state index contributed by atoms with van der Waals surface area (Å²) in [4.78, 5) is 14.7. The molecule has 1 aromatic rings. The highest BCUT2D eigenvalue weighted by Crippen LogP contribution is 2.30. The first-order chi connectivity index (χ1) is 10.3. The summed E-state index contributed by atoms with van der Waals surface area (Å²) in [5.41, 5.74) is 1.01. The Morgan fingerprint density at radius 2 is 2.19 bits per heavy atom. The van der Waals surface area contributed by atoms with Crippen LogP contribution in [0.3, 0.4) is 0 Å². The molecule has 3 rings (SSSR count). The molecule has 2 aliphatic rings. The molecule has 0 saturated carbocycles. The number of halogens is 1. The fraction of sp³-hybridized carbons (Fsp3) is 0.562. The third-order valence-electron chi connectivity index (χ3n) is 4.25. The van der Waals surface area contributed by atoms with Gasteiger partial charge in [-0.1, -0.05) is 29.8 Å². The van der Waals surface area contributed by atoms with E-state index in [-0.39, 0.29) is 18.1 Å². The number of hydrogen-bond donors (Lipinski definition) is 1. The molecule has 114 valence electrons. The predicted octanol–water partition coefficient (Wildman–Crippen LogP) is 2.38. The van der Waals surface area contributed by atoms with Crippen LogP contribution in [0, 0.1) is 0 Å². The largest absolute Gasteiger partial charge is 0.368 e. The van der Waals surface area contributed by atoms with Crippen molar-refractivity contribution in [1.82, 2.24) is 10.2 Å². The van der Waals surface area contributed by atoms with E-state index in [2.05, 4.69) is 5.32 Å². The van der Waals surface area contributed by atoms with Gasteiger partial charge in [-0.05, 0) is 30.9 Å². The topological polar surface area (TPSA) is 41.6 Å². The lowest BCUT2D eigenvalue weighted by Crippen LogP contribution is -2.52. The molecule has 2 aliphatic heterocycles. The Balaban J connectivity index is 1.81. The van der Waals surface area contributed by atoms with E-state index in [4.69, 9.17) is 16.3 Å². The van der Waals surface area contributed by atoms with Gasteiger partial charge in [0.25, 0.3) is 5.91 Å². The van der Waals surface area contributed by atoms with Crippen molar-refractivity contribution in [1.29, 1.82) is 0 Å². The zero-order valence-corrected chi connectivity index (χ0v) is 12.8. The second-order valence-corrected chi connectivity index (χ2v) is 6.04. The summed E-state index contributed by atoms with van der Waals surface area (Å²) in [6.45, 7) is 2.95. The van der Waals surface area contributed by atoms with Crippen LogP contribution in [0.25, 0.3) is 0 Å². The molecular formula is C16H21ClN2O2. The molecule has 0 aromatic heterocycles. The van der Waals surface area contributed by atoms with Crippen molar-refractivity contribution in [2.45, 2.75) is 31.4 Å². The monoisotopic (exact) mass is 308 g/mol. The molecule has 2 saturated heterocycles. The second-order valence-electron chi connectivity index (χ2n) is 5.63. The zero-order valence-electron chi connectivity index (χ0n) is 12.1. The Hall–Kier alpha value is -1.10. The first-order valence-electron chi connectivity index (χ1n) is 7.64. The van der Waals surface area contributed by atoms with Crippen molar-refractivity contribution in [3.8, 4) is 0 Å². The van der Waals surface area contributed by atoms with Gasteiger partial charge in [-0.15, -0.1) is 0 Å². The zero-order chi connectivity index (χ0) is 14.7. The molecule has 2 heterocycles. The van der Waals surface area contributed by atoms with Gasteiger partial charge in [0.05, 0.1) is 6.04 Å². The normalized spacial score (nSPS) is 26.6. The van der Waals surface area contributed by atoms with Gasteiger partial charge >= 0.3 is 0 Å². The molecule has 5 heteroatoms. The summed E-state index contributed by atoms with van der Waals surface area (Å²) in [5.74, 6) is 0.112. The Kier molecular flexibility index (Phi) is 4.78. The van der Waals surface area contributed by atoms with Gasteiger partial charge < -0.3 is 15.0 Å². The standard InChI is InChI=1S/C16H21ClN2O2/c17-13-6-2-1-5-12(13)14-11-18-8-9-19(14)16(20)15-7-3-4-10-21-15/h1-2,5-6,14-15,18H,3-4,7-11H2. The maximum atomic E-state index is 12.8. The molecule has 21 heavy (non-hydrogen) atoms. The summed E-state index contributed by atoms with van der Waals surface area (Å²) in [6.07, 6.45) is 2.68. The third kappa shape index (κ3) is 3.23. The molecule has 1 aromatic carbocycles. The molecule has 0 spiro atoms. The van der Waals surface area contributed by atoms with E-state index < -0.39 is 0 Å². The average molecular weight is 309 g/mol. The van der Waals surface area contributed by atoms with Crippen LogP contribution < -0.4 is 5.32 Å². The molecule has 1 amide bonds. The maximum absolute atomic E-state index is 12.8. The van der Waals surface area contributed by atoms with Gasteiger partial charge in [-0.25, -0.2) is 0 Å². The van der Waals surface area contributed by atoms with Crippen LogP contribution in [0.4, 0.5) is 0 Å². The Bertz CT molecular complexity index is 503. The summed E-state index contributed by atoms with van der Waals surface area (Å²) in [5, 5.41) is 4.07. The van der Waals surface area contributed by atoms with E-state index in [1.807, 2.05) is 29.2 Å². The Morgan fingerprint density at radius 1 is 1.33 bits per heavy atom. The van der Waals surface area contributed by atoms with E-state index in [9.17, 15) is 4.79 Å². The van der Waals surface area contributed by atoms with E-state index in [0.717, 1.165) is 37.9 Å². The molecule has 1 N–H and O–H groups in total. The maximum Gasteiger partial charge on any atom is 0.252 e. The van der Waals surface area contributed by atoms with Crippen molar-refractivity contribution < 1.29 is 9.53 Å². The van der Waals surface area contributed by atoms with Crippen LogP contribution >= 0.6 is 11.6 Å². The number of piperazine rings is 1. The molecule has 2 unspecified atom stereocenters. The number of nitrogens with one attached hydrogen (secondary N) is 1. The van der Waals surface area contributed by atoms with Crippen LogP contribution in [0.1, 0.15) is 30.9 Å². The lowest BCUT2D eigenvalue weighted by molar-refractivity contribution is -0.150. The number of nitrogens with zero attached hydrogens (tertiary/aromatic N) is 1. The highest BCUT2D eigenvalue weighted by Gasteiger charge is 2.34. The van der Waals surface area contributed by atoms with E-state index in [0.29, 0.717) is 18.2 Å². The SMILES string of the molecule is O=C(C1CCCCO1)N1CCNCC1c1ccccc1Cl. The van der Waals surface area contributed by atoms with Gasteiger partial charge in [0.2, 0.25) is 0 Å². The molecule has 2 fully saturated rings. The van der Waals surface area contributed by atoms with Crippen LogP contribution in [-0.2, 0) is 9.53 Å². The van der Waals surface area contributed by atoms with Crippen molar-refractivity contribution in [2.24, 2.45) is 0 Å². The number of carbonyl (C=O) groups excluding carboxylic acids is 1. The third-order valence-corrected chi connectivity index (χ3v) is 4.59. The summed E-state index contributed by atoms with van der Waals surface area (Å²) < 4.78 is 5.66. The van der Waals surface area contributed by atoms with Crippen molar-refractivity contribution in [2.75, 3.05) is 26.2 Å². The van der Waals surface area contributed by atoms with Gasteiger partial charge in [-0.3, -0.25) is 4.79 Å². The Morgan fingerprint density at radius 3 is 2.95 bits per heavy atom. The summed E-state index contributed by atoms with van der Waals surface area (Å²) in [7, 11) is 0. The molecular weight excluding hydrogens is 288 g/mol. The predicted molar refractivity (Wildman–Crippen MR) is 82.4 cm³/mol. The first-order valence-corrected chi connectivity index (χ1v) is 8.02. The molecule has 2 atom stereocenters. The summed E-state index contributed by atoms with van der Waals surface area (Å²) >= 11 is 6.32. The average Bonchev–Trinajstić information content (AvgIpc) is 2.55. The van der Waals surface area contributed by atoms with Gasteiger partial charge in [0.1, 0.15) is 6.10 Å². The fourth-order valence-corrected chi connectivity index (χ4v) is 3.37. The van der Waals surface area contributed by atoms with Crippen molar-refractivity contribution in [3.05, 3.63) is 34.9 Å². The second kappa shape index (κ2) is 6.77. The van der Waals surface area contributed by atoms with Crippen LogP contribution in [0.2, 0.25) is 5.02 Å². The van der Waals surface area contributed by atoms with E-state index in [1.54, 1.807) is 0 Å². The number of amides is 1.